The van der Waals surface area contributed by atoms with Gasteiger partial charge in [-0.15, -0.1) is 0 Å². The van der Waals surface area contributed by atoms with Crippen LogP contribution in [0.1, 0.15) is 36.2 Å². The van der Waals surface area contributed by atoms with Gasteiger partial charge in [0, 0.05) is 6.04 Å². The molecule has 0 radical (unpaired) electrons. The topological polar surface area (TPSA) is 46.6 Å². The van der Waals surface area contributed by atoms with Crippen molar-refractivity contribution in [3.63, 3.8) is 0 Å². The summed E-state index contributed by atoms with van der Waals surface area (Å²) < 4.78 is 5.25. The maximum absolute atomic E-state index is 12.4. The summed E-state index contributed by atoms with van der Waals surface area (Å²) in [4.78, 5) is 26.1. The lowest BCUT2D eigenvalue weighted by Gasteiger charge is -2.21. The average molecular weight is 335 g/mol. The Balaban J connectivity index is 2.21. The van der Waals surface area contributed by atoms with Crippen LogP contribution in [-0.2, 0) is 9.53 Å². The zero-order valence-corrected chi connectivity index (χ0v) is 14.3. The van der Waals surface area contributed by atoms with E-state index in [-0.39, 0.29) is 17.9 Å². The highest BCUT2D eigenvalue weighted by Gasteiger charge is 2.34. The summed E-state index contributed by atoms with van der Waals surface area (Å²) in [6.07, 6.45) is 2.65. The molecule has 0 N–H and O–H groups in total. The number of methoxy groups -OCH3 is 1. The predicted octanol–water partition coefficient (Wildman–Crippen LogP) is 3.47. The minimum Gasteiger partial charge on any atom is -0.465 e. The lowest BCUT2D eigenvalue weighted by Crippen LogP contribution is -2.36. The second-order valence-electron chi connectivity index (χ2n) is 4.92. The number of esters is 1. The predicted molar refractivity (Wildman–Crippen MR) is 92.5 cm³/mol. The van der Waals surface area contributed by atoms with Crippen LogP contribution in [0.4, 0.5) is 0 Å². The van der Waals surface area contributed by atoms with Crippen LogP contribution >= 0.6 is 24.0 Å². The maximum Gasteiger partial charge on any atom is 0.337 e. The number of thiocarbonyl (C=S) groups is 1. The van der Waals surface area contributed by atoms with E-state index in [2.05, 4.69) is 4.74 Å². The molecular weight excluding hydrogens is 318 g/mol. The number of amides is 1. The standard InChI is InChI=1S/C16H17NO3S2/c1-4-10(2)17-14(18)13(22-16(17)21)9-11-5-7-12(8-6-11)15(19)20-3/h5-10H,4H2,1-3H3/b13-9-/t10-/m0/s1. The first-order valence-electron chi connectivity index (χ1n) is 6.93. The van der Waals surface area contributed by atoms with Gasteiger partial charge in [-0.1, -0.05) is 43.0 Å². The monoisotopic (exact) mass is 335 g/mol. The first kappa shape index (κ1) is 16.7. The second kappa shape index (κ2) is 7.07. The lowest BCUT2D eigenvalue weighted by molar-refractivity contribution is -0.123. The fourth-order valence-electron chi connectivity index (χ4n) is 2.03. The molecule has 0 aromatic heterocycles. The van der Waals surface area contributed by atoms with Crippen LogP contribution < -0.4 is 0 Å². The van der Waals surface area contributed by atoms with Crippen LogP contribution in [0.15, 0.2) is 29.2 Å². The number of rotatable bonds is 4. The normalized spacial score (nSPS) is 18.0. The van der Waals surface area contributed by atoms with Crippen LogP contribution in [0.2, 0.25) is 0 Å². The zero-order chi connectivity index (χ0) is 16.3. The summed E-state index contributed by atoms with van der Waals surface area (Å²) in [6.45, 7) is 4.01. The van der Waals surface area contributed by atoms with E-state index in [1.165, 1.54) is 18.9 Å². The van der Waals surface area contributed by atoms with Gasteiger partial charge in [-0.2, -0.15) is 0 Å². The average Bonchev–Trinajstić information content (AvgIpc) is 2.80. The second-order valence-corrected chi connectivity index (χ2v) is 6.60. The SMILES string of the molecule is CC[C@H](C)N1C(=O)/C(=C/c2ccc(C(=O)OC)cc2)SC1=S. The van der Waals surface area contributed by atoms with Crippen LogP contribution in [0, 0.1) is 0 Å². The molecule has 1 aromatic rings. The van der Waals surface area contributed by atoms with Crippen molar-refractivity contribution in [3.8, 4) is 0 Å². The molecule has 0 saturated carbocycles. The smallest absolute Gasteiger partial charge is 0.337 e. The van der Waals surface area contributed by atoms with Gasteiger partial charge >= 0.3 is 5.97 Å². The Hall–Kier alpha value is -1.66. The highest BCUT2D eigenvalue weighted by Crippen LogP contribution is 2.34. The minimum absolute atomic E-state index is 0.0543. The van der Waals surface area contributed by atoms with E-state index < -0.39 is 0 Å². The summed E-state index contributed by atoms with van der Waals surface area (Å²) in [6, 6.07) is 7.00. The minimum atomic E-state index is -0.380. The van der Waals surface area contributed by atoms with Crippen LogP contribution in [0.5, 0.6) is 0 Å². The number of thioether (sulfide) groups is 1. The van der Waals surface area contributed by atoms with Gasteiger partial charge in [-0.3, -0.25) is 9.69 Å². The third kappa shape index (κ3) is 3.39. The molecule has 6 heteroatoms. The third-order valence-corrected chi connectivity index (χ3v) is 4.82. The summed E-state index contributed by atoms with van der Waals surface area (Å²) >= 11 is 6.60. The van der Waals surface area contributed by atoms with Crippen molar-refractivity contribution >= 4 is 46.3 Å². The molecule has 1 aliphatic rings. The largest absolute Gasteiger partial charge is 0.465 e. The lowest BCUT2D eigenvalue weighted by atomic mass is 10.1. The number of carbonyl (C=O) groups excluding carboxylic acids is 2. The van der Waals surface area contributed by atoms with Crippen molar-refractivity contribution in [2.45, 2.75) is 26.3 Å². The number of carbonyl (C=O) groups is 2. The Morgan fingerprint density at radius 3 is 2.59 bits per heavy atom. The zero-order valence-electron chi connectivity index (χ0n) is 12.7. The van der Waals surface area contributed by atoms with Gasteiger partial charge in [0.1, 0.15) is 4.32 Å². The number of hydrogen-bond acceptors (Lipinski definition) is 5. The first-order valence-corrected chi connectivity index (χ1v) is 8.15. The molecule has 4 nitrogen and oxygen atoms in total. The highest BCUT2D eigenvalue weighted by atomic mass is 32.2. The van der Waals surface area contributed by atoms with E-state index in [4.69, 9.17) is 12.2 Å². The van der Waals surface area contributed by atoms with Crippen molar-refractivity contribution in [2.24, 2.45) is 0 Å². The number of hydrogen-bond donors (Lipinski definition) is 0. The van der Waals surface area contributed by atoms with Crippen LogP contribution in [0.3, 0.4) is 0 Å². The van der Waals surface area contributed by atoms with Gasteiger partial charge < -0.3 is 4.74 Å². The fourth-order valence-corrected chi connectivity index (χ4v) is 3.49. The Bertz CT molecular complexity index is 637. The van der Waals surface area contributed by atoms with Gasteiger partial charge in [-0.05, 0) is 37.1 Å². The van der Waals surface area contributed by atoms with Crippen molar-refractivity contribution in [1.29, 1.82) is 0 Å². The van der Waals surface area contributed by atoms with E-state index in [9.17, 15) is 9.59 Å². The Morgan fingerprint density at radius 1 is 1.41 bits per heavy atom. The fraction of sp³-hybridized carbons (Fsp3) is 0.312. The molecule has 0 bridgehead atoms. The van der Waals surface area contributed by atoms with Crippen molar-refractivity contribution in [2.75, 3.05) is 7.11 Å². The molecule has 22 heavy (non-hydrogen) atoms. The van der Waals surface area contributed by atoms with Gasteiger partial charge in [0.05, 0.1) is 17.6 Å². The molecule has 116 valence electrons. The van der Waals surface area contributed by atoms with Gasteiger partial charge in [0.25, 0.3) is 5.91 Å². The molecule has 1 amide bonds. The molecule has 1 saturated heterocycles. The van der Waals surface area contributed by atoms with Gasteiger partial charge in [-0.25, -0.2) is 4.79 Å². The molecule has 1 heterocycles. The summed E-state index contributed by atoms with van der Waals surface area (Å²) in [5.41, 5.74) is 1.32. The Morgan fingerprint density at radius 2 is 2.05 bits per heavy atom. The van der Waals surface area contributed by atoms with E-state index >= 15 is 0 Å². The van der Waals surface area contributed by atoms with Crippen molar-refractivity contribution in [3.05, 3.63) is 40.3 Å². The molecule has 0 aliphatic carbocycles. The summed E-state index contributed by atoms with van der Waals surface area (Å²) in [5, 5.41) is 0. The first-order chi connectivity index (χ1) is 10.5. The molecular formula is C16H17NO3S2. The molecule has 0 unspecified atom stereocenters. The molecule has 2 rings (SSSR count). The van der Waals surface area contributed by atoms with Crippen molar-refractivity contribution < 1.29 is 14.3 Å². The van der Waals surface area contributed by atoms with Crippen LogP contribution in [-0.4, -0.2) is 34.2 Å². The maximum atomic E-state index is 12.4. The van der Waals surface area contributed by atoms with Crippen molar-refractivity contribution in [1.82, 2.24) is 4.90 Å². The number of nitrogens with zero attached hydrogens (tertiary/aromatic N) is 1. The molecule has 1 aliphatic heterocycles. The highest BCUT2D eigenvalue weighted by molar-refractivity contribution is 8.26. The third-order valence-electron chi connectivity index (χ3n) is 3.48. The molecule has 1 aromatic carbocycles. The van der Waals surface area contributed by atoms with Crippen LogP contribution in [0.25, 0.3) is 6.08 Å². The van der Waals surface area contributed by atoms with E-state index in [1.54, 1.807) is 35.2 Å². The van der Waals surface area contributed by atoms with E-state index in [1.807, 2.05) is 13.8 Å². The molecule has 0 spiro atoms. The van der Waals surface area contributed by atoms with Gasteiger partial charge in [0.2, 0.25) is 0 Å². The van der Waals surface area contributed by atoms with E-state index in [0.717, 1.165) is 12.0 Å². The number of benzene rings is 1. The quantitative estimate of drug-likeness (QED) is 0.479. The summed E-state index contributed by atoms with van der Waals surface area (Å²) in [7, 11) is 1.34. The Kier molecular flexibility index (Phi) is 5.37. The Labute approximate surface area is 139 Å². The van der Waals surface area contributed by atoms with E-state index in [0.29, 0.717) is 14.8 Å². The summed E-state index contributed by atoms with van der Waals surface area (Å²) in [5.74, 6) is -0.434. The molecule has 1 atom stereocenters. The molecule has 1 fully saturated rings. The number of ether oxygens (including phenoxy) is 1. The van der Waals surface area contributed by atoms with Gasteiger partial charge in [0.15, 0.2) is 0 Å².